The fourth-order valence-electron chi connectivity index (χ4n) is 2.00. The van der Waals surface area contributed by atoms with Gasteiger partial charge in [-0.1, -0.05) is 56.3 Å². The Morgan fingerprint density at radius 3 is 2.11 bits per heavy atom. The Morgan fingerprint density at radius 1 is 0.947 bits per heavy atom. The second-order valence-corrected chi connectivity index (χ2v) is 4.88. The van der Waals surface area contributed by atoms with Crippen LogP contribution < -0.4 is 4.74 Å². The van der Waals surface area contributed by atoms with Gasteiger partial charge in [0.05, 0.1) is 0 Å². The minimum absolute atomic E-state index is 0.0110. The summed E-state index contributed by atoms with van der Waals surface area (Å²) < 4.78 is 6.05. The first-order chi connectivity index (χ1) is 9.20. The molecule has 1 unspecified atom stereocenters. The smallest absolute Gasteiger partial charge is 0.150 e. The zero-order valence-corrected chi connectivity index (χ0v) is 11.2. The summed E-state index contributed by atoms with van der Waals surface area (Å²) in [5, 5.41) is 0. The summed E-state index contributed by atoms with van der Waals surface area (Å²) in [6, 6.07) is 17.4. The lowest BCUT2D eigenvalue weighted by atomic mass is 9.98. The average molecular weight is 254 g/mol. The molecule has 0 amide bonds. The lowest BCUT2D eigenvalue weighted by Crippen LogP contribution is -2.14. The van der Waals surface area contributed by atoms with Crippen molar-refractivity contribution in [2.45, 2.75) is 20.0 Å². The normalized spacial score (nSPS) is 12.2. The van der Waals surface area contributed by atoms with E-state index in [1.54, 1.807) is 0 Å². The van der Waals surface area contributed by atoms with Crippen LogP contribution in [0.25, 0.3) is 0 Å². The SMILES string of the molecule is CC(C)C(Oc1ccccc1)c1ccc(C=O)cc1. The van der Waals surface area contributed by atoms with Crippen molar-refractivity contribution in [1.29, 1.82) is 0 Å². The number of rotatable bonds is 5. The molecule has 1 atom stereocenters. The molecule has 2 aromatic carbocycles. The number of carbonyl (C=O) groups excluding carboxylic acids is 1. The molecule has 2 rings (SSSR count). The highest BCUT2D eigenvalue weighted by molar-refractivity contribution is 5.74. The number of para-hydroxylation sites is 1. The van der Waals surface area contributed by atoms with Crippen LogP contribution in [-0.4, -0.2) is 6.29 Å². The molecule has 2 nitrogen and oxygen atoms in total. The third-order valence-electron chi connectivity index (χ3n) is 3.01. The topological polar surface area (TPSA) is 26.3 Å². The summed E-state index contributed by atoms with van der Waals surface area (Å²) in [5.74, 6) is 1.21. The molecule has 0 fully saturated rings. The molecule has 0 aromatic heterocycles. The molecule has 19 heavy (non-hydrogen) atoms. The van der Waals surface area contributed by atoms with Crippen LogP contribution in [-0.2, 0) is 0 Å². The van der Waals surface area contributed by atoms with E-state index in [2.05, 4.69) is 13.8 Å². The van der Waals surface area contributed by atoms with E-state index in [-0.39, 0.29) is 6.10 Å². The van der Waals surface area contributed by atoms with Crippen molar-refractivity contribution in [2.24, 2.45) is 5.92 Å². The molecule has 0 aliphatic rings. The molecule has 0 spiro atoms. The first kappa shape index (κ1) is 13.3. The van der Waals surface area contributed by atoms with Crippen LogP contribution in [0.5, 0.6) is 5.75 Å². The quantitative estimate of drug-likeness (QED) is 0.745. The van der Waals surface area contributed by atoms with Crippen molar-refractivity contribution >= 4 is 6.29 Å². The van der Waals surface area contributed by atoms with Gasteiger partial charge in [-0.25, -0.2) is 0 Å². The molecule has 0 aliphatic carbocycles. The predicted molar refractivity (Wildman–Crippen MR) is 76.5 cm³/mol. The second kappa shape index (κ2) is 6.19. The van der Waals surface area contributed by atoms with E-state index < -0.39 is 0 Å². The Bertz CT molecular complexity index is 515. The van der Waals surface area contributed by atoms with Crippen molar-refractivity contribution in [1.82, 2.24) is 0 Å². The molecule has 0 saturated heterocycles. The largest absolute Gasteiger partial charge is 0.485 e. The Balaban J connectivity index is 2.22. The Morgan fingerprint density at radius 2 is 1.58 bits per heavy atom. The van der Waals surface area contributed by atoms with Crippen molar-refractivity contribution in [3.05, 3.63) is 65.7 Å². The maximum absolute atomic E-state index is 10.7. The minimum Gasteiger partial charge on any atom is -0.485 e. The predicted octanol–water partition coefficient (Wildman–Crippen LogP) is 4.28. The summed E-state index contributed by atoms with van der Waals surface area (Å²) in [5.41, 5.74) is 1.77. The molecule has 0 radical (unpaired) electrons. The van der Waals surface area contributed by atoms with Gasteiger partial charge in [-0.05, 0) is 23.6 Å². The average Bonchev–Trinajstić information content (AvgIpc) is 2.46. The number of ether oxygens (including phenoxy) is 1. The lowest BCUT2D eigenvalue weighted by molar-refractivity contribution is 0.112. The van der Waals surface area contributed by atoms with Crippen LogP contribution >= 0.6 is 0 Å². The molecule has 0 N–H and O–H groups in total. The van der Waals surface area contributed by atoms with Crippen molar-refractivity contribution in [3.63, 3.8) is 0 Å². The molecule has 0 heterocycles. The summed E-state index contributed by atoms with van der Waals surface area (Å²) >= 11 is 0. The maximum Gasteiger partial charge on any atom is 0.150 e. The van der Waals surface area contributed by atoms with E-state index in [1.807, 2.05) is 54.6 Å². The second-order valence-electron chi connectivity index (χ2n) is 4.88. The van der Waals surface area contributed by atoms with Crippen LogP contribution in [0.3, 0.4) is 0 Å². The molecular formula is C17H18O2. The Labute approximate surface area is 114 Å². The van der Waals surface area contributed by atoms with E-state index in [1.165, 1.54) is 0 Å². The number of aldehydes is 1. The first-order valence-electron chi connectivity index (χ1n) is 6.47. The standard InChI is InChI=1S/C17H18O2/c1-13(2)17(19-16-6-4-3-5-7-16)15-10-8-14(12-18)9-11-15/h3-13,17H,1-2H3. The van der Waals surface area contributed by atoms with Gasteiger partial charge in [-0.15, -0.1) is 0 Å². The van der Waals surface area contributed by atoms with Gasteiger partial charge in [0.2, 0.25) is 0 Å². The molecule has 0 saturated carbocycles. The third kappa shape index (κ3) is 3.44. The molecule has 0 aliphatic heterocycles. The number of carbonyl (C=O) groups is 1. The molecule has 2 aromatic rings. The monoisotopic (exact) mass is 254 g/mol. The fraction of sp³-hybridized carbons (Fsp3) is 0.235. The van der Waals surface area contributed by atoms with E-state index >= 15 is 0 Å². The molecule has 98 valence electrons. The van der Waals surface area contributed by atoms with Gasteiger partial charge in [0.25, 0.3) is 0 Å². The third-order valence-corrected chi connectivity index (χ3v) is 3.01. The maximum atomic E-state index is 10.7. The number of benzene rings is 2. The van der Waals surface area contributed by atoms with Gasteiger partial charge in [0.15, 0.2) is 0 Å². The number of hydrogen-bond acceptors (Lipinski definition) is 2. The zero-order valence-electron chi connectivity index (χ0n) is 11.2. The van der Waals surface area contributed by atoms with Crippen molar-refractivity contribution in [2.75, 3.05) is 0 Å². The van der Waals surface area contributed by atoms with Gasteiger partial charge < -0.3 is 4.74 Å². The summed E-state index contributed by atoms with van der Waals surface area (Å²) in [6.45, 7) is 4.25. The summed E-state index contributed by atoms with van der Waals surface area (Å²) in [4.78, 5) is 10.7. The van der Waals surface area contributed by atoms with E-state index in [0.29, 0.717) is 11.5 Å². The van der Waals surface area contributed by atoms with E-state index in [4.69, 9.17) is 4.74 Å². The minimum atomic E-state index is -0.0110. The fourth-order valence-corrected chi connectivity index (χ4v) is 2.00. The Hall–Kier alpha value is -2.09. The van der Waals surface area contributed by atoms with Crippen LogP contribution in [0.4, 0.5) is 0 Å². The van der Waals surface area contributed by atoms with Crippen molar-refractivity contribution in [3.8, 4) is 5.75 Å². The first-order valence-corrected chi connectivity index (χ1v) is 6.47. The summed E-state index contributed by atoms with van der Waals surface area (Å²) in [6.07, 6.45) is 0.842. The van der Waals surface area contributed by atoms with Crippen LogP contribution in [0.2, 0.25) is 0 Å². The summed E-state index contributed by atoms with van der Waals surface area (Å²) in [7, 11) is 0. The molecule has 0 bridgehead atoms. The van der Waals surface area contributed by atoms with Crippen LogP contribution in [0.15, 0.2) is 54.6 Å². The van der Waals surface area contributed by atoms with Gasteiger partial charge in [0.1, 0.15) is 18.1 Å². The van der Waals surface area contributed by atoms with Gasteiger partial charge in [0, 0.05) is 5.56 Å². The van der Waals surface area contributed by atoms with Gasteiger partial charge in [-0.2, -0.15) is 0 Å². The van der Waals surface area contributed by atoms with Crippen molar-refractivity contribution < 1.29 is 9.53 Å². The zero-order chi connectivity index (χ0) is 13.7. The lowest BCUT2D eigenvalue weighted by Gasteiger charge is -2.23. The van der Waals surface area contributed by atoms with E-state index in [9.17, 15) is 4.79 Å². The molecular weight excluding hydrogens is 236 g/mol. The van der Waals surface area contributed by atoms with Crippen LogP contribution in [0, 0.1) is 5.92 Å². The Kier molecular flexibility index (Phi) is 4.35. The van der Waals surface area contributed by atoms with Crippen LogP contribution in [0.1, 0.15) is 35.9 Å². The highest BCUT2D eigenvalue weighted by Gasteiger charge is 2.17. The molecule has 2 heteroatoms. The van der Waals surface area contributed by atoms with Gasteiger partial charge >= 0.3 is 0 Å². The van der Waals surface area contributed by atoms with Gasteiger partial charge in [-0.3, -0.25) is 4.79 Å². The highest BCUT2D eigenvalue weighted by Crippen LogP contribution is 2.28. The highest BCUT2D eigenvalue weighted by atomic mass is 16.5. The number of hydrogen-bond donors (Lipinski definition) is 0. The van der Waals surface area contributed by atoms with E-state index in [0.717, 1.165) is 17.6 Å².